The molecular formula is C13H16N4O2S. The van der Waals surface area contributed by atoms with Crippen LogP contribution in [0.4, 0.5) is 11.6 Å². The van der Waals surface area contributed by atoms with Crippen LogP contribution in [0, 0.1) is 6.92 Å². The Kier molecular flexibility index (Phi) is 4.19. The molecule has 0 amide bonds. The van der Waals surface area contributed by atoms with Crippen molar-refractivity contribution in [1.82, 2.24) is 9.97 Å². The third kappa shape index (κ3) is 3.05. The summed E-state index contributed by atoms with van der Waals surface area (Å²) in [6.45, 7) is 4.25. The van der Waals surface area contributed by atoms with E-state index < -0.39 is 10.0 Å². The molecule has 0 aromatic carbocycles. The molecule has 0 aliphatic heterocycles. The predicted octanol–water partition coefficient (Wildman–Crippen LogP) is 2.02. The molecule has 2 aromatic rings. The zero-order chi connectivity index (χ0) is 14.6. The molecule has 7 heteroatoms. The van der Waals surface area contributed by atoms with Crippen molar-refractivity contribution in [3.63, 3.8) is 0 Å². The zero-order valence-corrected chi connectivity index (χ0v) is 12.1. The minimum absolute atomic E-state index is 0.104. The Morgan fingerprint density at radius 2 is 1.75 bits per heavy atom. The molecule has 0 atom stereocenters. The molecule has 0 spiro atoms. The molecule has 20 heavy (non-hydrogen) atoms. The van der Waals surface area contributed by atoms with Gasteiger partial charge in [-0.15, -0.1) is 0 Å². The van der Waals surface area contributed by atoms with Crippen molar-refractivity contribution in [2.75, 3.05) is 16.6 Å². The SMILES string of the molecule is CCNc1ncccc1S(=O)(=O)Nc1ncccc1C. The van der Waals surface area contributed by atoms with E-state index in [-0.39, 0.29) is 4.90 Å². The van der Waals surface area contributed by atoms with Crippen LogP contribution in [0.2, 0.25) is 0 Å². The fraction of sp³-hybridized carbons (Fsp3) is 0.231. The largest absolute Gasteiger partial charge is 0.369 e. The van der Waals surface area contributed by atoms with Crippen LogP contribution in [0.25, 0.3) is 0 Å². The molecule has 0 saturated carbocycles. The summed E-state index contributed by atoms with van der Waals surface area (Å²) in [5.41, 5.74) is 0.755. The van der Waals surface area contributed by atoms with E-state index >= 15 is 0 Å². The summed E-state index contributed by atoms with van der Waals surface area (Å²) >= 11 is 0. The van der Waals surface area contributed by atoms with Gasteiger partial charge in [-0.2, -0.15) is 0 Å². The van der Waals surface area contributed by atoms with Crippen molar-refractivity contribution in [3.05, 3.63) is 42.2 Å². The number of pyridine rings is 2. The lowest BCUT2D eigenvalue weighted by molar-refractivity contribution is 0.601. The maximum atomic E-state index is 12.4. The molecule has 0 aliphatic rings. The molecule has 6 nitrogen and oxygen atoms in total. The van der Waals surface area contributed by atoms with Gasteiger partial charge in [0.15, 0.2) is 0 Å². The highest BCUT2D eigenvalue weighted by molar-refractivity contribution is 7.92. The van der Waals surface area contributed by atoms with Crippen LogP contribution in [0.5, 0.6) is 0 Å². The molecule has 0 saturated heterocycles. The first kappa shape index (κ1) is 14.3. The Morgan fingerprint density at radius 3 is 2.40 bits per heavy atom. The van der Waals surface area contributed by atoms with E-state index in [1.807, 2.05) is 6.92 Å². The summed E-state index contributed by atoms with van der Waals surface area (Å²) in [6, 6.07) is 6.63. The van der Waals surface area contributed by atoms with Crippen LogP contribution in [0.3, 0.4) is 0 Å². The van der Waals surface area contributed by atoms with Gasteiger partial charge in [0.1, 0.15) is 16.5 Å². The van der Waals surface area contributed by atoms with E-state index in [9.17, 15) is 8.42 Å². The van der Waals surface area contributed by atoms with Crippen molar-refractivity contribution < 1.29 is 8.42 Å². The third-order valence-electron chi connectivity index (χ3n) is 2.64. The van der Waals surface area contributed by atoms with E-state index in [1.165, 1.54) is 6.07 Å². The molecule has 2 heterocycles. The molecule has 0 unspecified atom stereocenters. The Bertz CT molecular complexity index is 701. The van der Waals surface area contributed by atoms with Crippen LogP contribution in [-0.4, -0.2) is 24.9 Å². The van der Waals surface area contributed by atoms with Crippen molar-refractivity contribution in [1.29, 1.82) is 0 Å². The number of hydrogen-bond acceptors (Lipinski definition) is 5. The zero-order valence-electron chi connectivity index (χ0n) is 11.3. The van der Waals surface area contributed by atoms with Gasteiger partial charge in [-0.25, -0.2) is 18.4 Å². The normalized spacial score (nSPS) is 11.1. The van der Waals surface area contributed by atoms with E-state index in [0.717, 1.165) is 5.56 Å². The highest BCUT2D eigenvalue weighted by atomic mass is 32.2. The summed E-state index contributed by atoms with van der Waals surface area (Å²) in [5.74, 6) is 0.648. The minimum Gasteiger partial charge on any atom is -0.369 e. The molecule has 2 N–H and O–H groups in total. The van der Waals surface area contributed by atoms with Crippen LogP contribution in [0.1, 0.15) is 12.5 Å². The predicted molar refractivity (Wildman–Crippen MR) is 78.2 cm³/mol. The van der Waals surface area contributed by atoms with Crippen molar-refractivity contribution in [2.45, 2.75) is 18.7 Å². The number of aryl methyl sites for hydroxylation is 1. The average molecular weight is 292 g/mol. The maximum absolute atomic E-state index is 12.4. The van der Waals surface area contributed by atoms with Crippen LogP contribution < -0.4 is 10.0 Å². The molecule has 0 aliphatic carbocycles. The monoisotopic (exact) mass is 292 g/mol. The van der Waals surface area contributed by atoms with Gasteiger partial charge < -0.3 is 5.32 Å². The number of aromatic nitrogens is 2. The highest BCUT2D eigenvalue weighted by Gasteiger charge is 2.20. The topological polar surface area (TPSA) is 84.0 Å². The number of anilines is 2. The Labute approximate surface area is 118 Å². The van der Waals surface area contributed by atoms with Gasteiger partial charge in [0, 0.05) is 18.9 Å². The summed E-state index contributed by atoms with van der Waals surface area (Å²) in [7, 11) is -3.73. The fourth-order valence-electron chi connectivity index (χ4n) is 1.68. The highest BCUT2D eigenvalue weighted by Crippen LogP contribution is 2.21. The first-order valence-electron chi connectivity index (χ1n) is 6.18. The first-order chi connectivity index (χ1) is 9.54. The number of nitrogens with zero attached hydrogens (tertiary/aromatic N) is 2. The maximum Gasteiger partial charge on any atom is 0.266 e. The Balaban J connectivity index is 2.39. The molecule has 2 aromatic heterocycles. The summed E-state index contributed by atoms with van der Waals surface area (Å²) in [6.07, 6.45) is 3.09. The lowest BCUT2D eigenvalue weighted by Crippen LogP contribution is -2.17. The minimum atomic E-state index is -3.73. The van der Waals surface area contributed by atoms with Gasteiger partial charge in [-0.05, 0) is 37.6 Å². The second-order valence-electron chi connectivity index (χ2n) is 4.15. The molecule has 106 valence electrons. The summed E-state index contributed by atoms with van der Waals surface area (Å²) in [5, 5.41) is 2.93. The van der Waals surface area contributed by atoms with Gasteiger partial charge in [0.25, 0.3) is 10.0 Å². The molecule has 2 rings (SSSR count). The molecule has 0 fully saturated rings. The van der Waals surface area contributed by atoms with Crippen LogP contribution in [0.15, 0.2) is 41.6 Å². The van der Waals surface area contributed by atoms with Gasteiger partial charge in [-0.1, -0.05) is 6.07 Å². The third-order valence-corrected chi connectivity index (χ3v) is 4.02. The number of rotatable bonds is 5. The van der Waals surface area contributed by atoms with Gasteiger partial charge >= 0.3 is 0 Å². The van der Waals surface area contributed by atoms with Crippen LogP contribution in [-0.2, 0) is 10.0 Å². The lowest BCUT2D eigenvalue weighted by atomic mass is 10.3. The van der Waals surface area contributed by atoms with E-state index in [1.54, 1.807) is 37.5 Å². The number of sulfonamides is 1. The Hall–Kier alpha value is -2.15. The van der Waals surface area contributed by atoms with Crippen molar-refractivity contribution in [2.24, 2.45) is 0 Å². The van der Waals surface area contributed by atoms with Crippen LogP contribution >= 0.6 is 0 Å². The molecule has 0 bridgehead atoms. The fourth-order valence-corrected chi connectivity index (χ4v) is 2.90. The van der Waals surface area contributed by atoms with E-state index in [4.69, 9.17) is 0 Å². The average Bonchev–Trinajstić information content (AvgIpc) is 2.42. The van der Waals surface area contributed by atoms with Gasteiger partial charge in [0.2, 0.25) is 0 Å². The second-order valence-corrected chi connectivity index (χ2v) is 5.81. The number of nitrogens with one attached hydrogen (secondary N) is 2. The van der Waals surface area contributed by atoms with Gasteiger partial charge in [0.05, 0.1) is 0 Å². The van der Waals surface area contributed by atoms with E-state index in [0.29, 0.717) is 18.2 Å². The first-order valence-corrected chi connectivity index (χ1v) is 7.66. The van der Waals surface area contributed by atoms with E-state index in [2.05, 4.69) is 20.0 Å². The smallest absolute Gasteiger partial charge is 0.266 e. The van der Waals surface area contributed by atoms with Gasteiger partial charge in [-0.3, -0.25) is 4.72 Å². The molecular weight excluding hydrogens is 276 g/mol. The van der Waals surface area contributed by atoms with Crippen molar-refractivity contribution >= 4 is 21.7 Å². The lowest BCUT2D eigenvalue weighted by Gasteiger charge is -2.12. The summed E-state index contributed by atoms with van der Waals surface area (Å²) in [4.78, 5) is 8.19. The Morgan fingerprint density at radius 1 is 1.10 bits per heavy atom. The second kappa shape index (κ2) is 5.87. The standard InChI is InChI=1S/C13H16N4O2S/c1-3-14-13-11(7-5-9-16-13)20(18,19)17-12-10(2)6-4-8-15-12/h4-9H,3H2,1-2H3,(H,14,16)(H,15,17). The van der Waals surface area contributed by atoms with Crippen molar-refractivity contribution in [3.8, 4) is 0 Å². The number of hydrogen-bond donors (Lipinski definition) is 2. The summed E-state index contributed by atoms with van der Waals surface area (Å²) < 4.78 is 27.3. The quantitative estimate of drug-likeness (QED) is 0.880. The molecule has 0 radical (unpaired) electrons.